The molecule has 1 aliphatic rings. The van der Waals surface area contributed by atoms with E-state index < -0.39 is 15.4 Å². The van der Waals surface area contributed by atoms with Crippen LogP contribution in [-0.2, 0) is 19.6 Å². The number of hydrogen-bond donors (Lipinski definition) is 1. The first-order chi connectivity index (χ1) is 13.9. The highest BCUT2D eigenvalue weighted by molar-refractivity contribution is 7.89. The Labute approximate surface area is 179 Å². The molecule has 1 heterocycles. The summed E-state index contributed by atoms with van der Waals surface area (Å²) in [6, 6.07) is 4.59. The van der Waals surface area contributed by atoms with Crippen LogP contribution in [0.4, 0.5) is 5.69 Å². The van der Waals surface area contributed by atoms with E-state index in [1.807, 2.05) is 20.8 Å². The average molecular weight is 440 g/mol. The highest BCUT2D eigenvalue weighted by Gasteiger charge is 2.33. The number of likely N-dealkylation sites (tertiary alicyclic amines) is 1. The maximum atomic E-state index is 12.9. The van der Waals surface area contributed by atoms with Gasteiger partial charge in [0.25, 0.3) is 0 Å². The normalized spacial score (nSPS) is 17.7. The van der Waals surface area contributed by atoms with Gasteiger partial charge in [-0.25, -0.2) is 12.7 Å². The first-order valence-corrected chi connectivity index (χ1v) is 11.6. The molecule has 168 valence electrons. The fourth-order valence-corrected chi connectivity index (χ4v) is 4.40. The standard InChI is InChI=1S/C21H33N3O5S/c1-7-29-17-11-10-16(13-18(17)30(27,28)23(5)6)22-19(25)15-9-8-12-24(14-15)20(26)21(2,3)4/h10-11,13,15H,7-9,12,14H2,1-6H3,(H,22,25). The molecule has 1 atom stereocenters. The van der Waals surface area contributed by atoms with Crippen LogP contribution in [0.3, 0.4) is 0 Å². The van der Waals surface area contributed by atoms with Crippen molar-refractivity contribution in [2.45, 2.75) is 45.4 Å². The first kappa shape index (κ1) is 24.1. The summed E-state index contributed by atoms with van der Waals surface area (Å²) in [6.07, 6.45) is 1.43. The number of amides is 2. The highest BCUT2D eigenvalue weighted by Crippen LogP contribution is 2.30. The summed E-state index contributed by atoms with van der Waals surface area (Å²) in [5, 5.41) is 2.82. The number of hydrogen-bond acceptors (Lipinski definition) is 5. The van der Waals surface area contributed by atoms with Crippen LogP contribution in [0, 0.1) is 11.3 Å². The molecule has 1 fully saturated rings. The molecule has 2 amide bonds. The van der Waals surface area contributed by atoms with Crippen LogP contribution in [-0.4, -0.2) is 63.2 Å². The minimum absolute atomic E-state index is 0.000307. The van der Waals surface area contributed by atoms with Gasteiger partial charge in [0.05, 0.1) is 12.5 Å². The molecule has 1 aromatic rings. The number of rotatable bonds is 6. The Bertz CT molecular complexity index is 890. The SMILES string of the molecule is CCOc1ccc(NC(=O)C2CCCN(C(=O)C(C)(C)C)C2)cc1S(=O)(=O)N(C)C. The molecule has 0 aromatic heterocycles. The van der Waals surface area contributed by atoms with Gasteiger partial charge in [-0.05, 0) is 38.0 Å². The Morgan fingerprint density at radius 1 is 1.27 bits per heavy atom. The minimum atomic E-state index is -3.75. The monoisotopic (exact) mass is 439 g/mol. The van der Waals surface area contributed by atoms with Crippen molar-refractivity contribution in [3.63, 3.8) is 0 Å². The van der Waals surface area contributed by atoms with Crippen LogP contribution in [0.25, 0.3) is 0 Å². The van der Waals surface area contributed by atoms with E-state index in [4.69, 9.17) is 4.74 Å². The smallest absolute Gasteiger partial charge is 0.246 e. The zero-order valence-corrected chi connectivity index (χ0v) is 19.5. The summed E-state index contributed by atoms with van der Waals surface area (Å²) in [5.41, 5.74) is -0.119. The predicted octanol–water partition coefficient (Wildman–Crippen LogP) is 2.56. The van der Waals surface area contributed by atoms with E-state index in [-0.39, 0.29) is 28.4 Å². The van der Waals surface area contributed by atoms with E-state index in [1.54, 1.807) is 24.0 Å². The largest absolute Gasteiger partial charge is 0.492 e. The van der Waals surface area contributed by atoms with Crippen molar-refractivity contribution in [2.24, 2.45) is 11.3 Å². The van der Waals surface area contributed by atoms with Gasteiger partial charge in [-0.15, -0.1) is 0 Å². The molecule has 1 saturated heterocycles. The number of piperidine rings is 1. The molecule has 1 N–H and O–H groups in total. The third-order valence-electron chi connectivity index (χ3n) is 4.99. The molecule has 8 nitrogen and oxygen atoms in total. The Hall–Kier alpha value is -2.13. The molecule has 0 saturated carbocycles. The van der Waals surface area contributed by atoms with E-state index in [2.05, 4.69) is 5.32 Å². The Morgan fingerprint density at radius 3 is 2.50 bits per heavy atom. The molecule has 0 bridgehead atoms. The quantitative estimate of drug-likeness (QED) is 0.735. The van der Waals surface area contributed by atoms with Crippen LogP contribution in [0.2, 0.25) is 0 Å². The molecule has 1 aliphatic heterocycles. The molecule has 1 aromatic carbocycles. The van der Waals surface area contributed by atoms with Gasteiger partial charge in [0, 0.05) is 38.3 Å². The lowest BCUT2D eigenvalue weighted by molar-refractivity contribution is -0.142. The Balaban J connectivity index is 2.21. The molecule has 9 heteroatoms. The van der Waals surface area contributed by atoms with E-state index in [9.17, 15) is 18.0 Å². The Morgan fingerprint density at radius 2 is 1.93 bits per heavy atom. The first-order valence-electron chi connectivity index (χ1n) is 10.2. The predicted molar refractivity (Wildman–Crippen MR) is 116 cm³/mol. The van der Waals surface area contributed by atoms with Crippen molar-refractivity contribution in [2.75, 3.05) is 39.1 Å². The van der Waals surface area contributed by atoms with Gasteiger partial charge in [0.1, 0.15) is 10.6 Å². The van der Waals surface area contributed by atoms with Crippen molar-refractivity contribution < 1.29 is 22.7 Å². The topological polar surface area (TPSA) is 96.0 Å². The molecule has 2 rings (SSSR count). The number of sulfonamides is 1. The van der Waals surface area contributed by atoms with Crippen LogP contribution < -0.4 is 10.1 Å². The summed E-state index contributed by atoms with van der Waals surface area (Å²) in [4.78, 5) is 27.2. The Kier molecular flexibility index (Phi) is 7.52. The van der Waals surface area contributed by atoms with Gasteiger partial charge < -0.3 is 15.0 Å². The highest BCUT2D eigenvalue weighted by atomic mass is 32.2. The summed E-state index contributed by atoms with van der Waals surface area (Å²) in [6.45, 7) is 8.70. The van der Waals surface area contributed by atoms with Crippen molar-refractivity contribution in [1.29, 1.82) is 0 Å². The lowest BCUT2D eigenvalue weighted by atomic mass is 9.91. The van der Waals surface area contributed by atoms with Crippen molar-refractivity contribution in [3.05, 3.63) is 18.2 Å². The van der Waals surface area contributed by atoms with E-state index >= 15 is 0 Å². The summed E-state index contributed by atoms with van der Waals surface area (Å²) in [5.74, 6) is -0.298. The van der Waals surface area contributed by atoms with Gasteiger partial charge in [0.2, 0.25) is 21.8 Å². The van der Waals surface area contributed by atoms with E-state index in [1.165, 1.54) is 20.2 Å². The average Bonchev–Trinajstić information content (AvgIpc) is 2.67. The second-order valence-corrected chi connectivity index (χ2v) is 10.8. The van der Waals surface area contributed by atoms with Gasteiger partial charge in [0.15, 0.2) is 0 Å². The molecule has 0 spiro atoms. The van der Waals surface area contributed by atoms with Crippen LogP contribution in [0.15, 0.2) is 23.1 Å². The van der Waals surface area contributed by atoms with Gasteiger partial charge in [-0.1, -0.05) is 20.8 Å². The van der Waals surface area contributed by atoms with Crippen LogP contribution in [0.1, 0.15) is 40.5 Å². The van der Waals surface area contributed by atoms with Crippen molar-refractivity contribution in [3.8, 4) is 5.75 Å². The summed E-state index contributed by atoms with van der Waals surface area (Å²) >= 11 is 0. The number of nitrogens with zero attached hydrogens (tertiary/aromatic N) is 2. The van der Waals surface area contributed by atoms with Crippen molar-refractivity contribution >= 4 is 27.5 Å². The number of carbonyl (C=O) groups is 2. The number of benzene rings is 1. The second kappa shape index (κ2) is 9.34. The zero-order valence-electron chi connectivity index (χ0n) is 18.7. The molecule has 0 radical (unpaired) electrons. The fourth-order valence-electron chi connectivity index (χ4n) is 3.35. The molecule has 1 unspecified atom stereocenters. The maximum Gasteiger partial charge on any atom is 0.246 e. The molecule has 0 aliphatic carbocycles. The maximum absolute atomic E-state index is 12.9. The second-order valence-electron chi connectivity index (χ2n) is 8.71. The summed E-state index contributed by atoms with van der Waals surface area (Å²) < 4.78 is 31.9. The molecular weight excluding hydrogens is 406 g/mol. The molecular formula is C21H33N3O5S. The van der Waals surface area contributed by atoms with Gasteiger partial charge in [-0.2, -0.15) is 0 Å². The lowest BCUT2D eigenvalue weighted by Crippen LogP contribution is -2.47. The molecule has 30 heavy (non-hydrogen) atoms. The third-order valence-corrected chi connectivity index (χ3v) is 6.83. The van der Waals surface area contributed by atoms with E-state index in [0.717, 1.165) is 10.7 Å². The van der Waals surface area contributed by atoms with E-state index in [0.29, 0.717) is 31.8 Å². The fraction of sp³-hybridized carbons (Fsp3) is 0.619. The summed E-state index contributed by atoms with van der Waals surface area (Å²) in [7, 11) is -0.858. The number of anilines is 1. The van der Waals surface area contributed by atoms with Crippen molar-refractivity contribution in [1.82, 2.24) is 9.21 Å². The zero-order chi connectivity index (χ0) is 22.7. The van der Waals surface area contributed by atoms with Gasteiger partial charge >= 0.3 is 0 Å². The van der Waals surface area contributed by atoms with Crippen LogP contribution >= 0.6 is 0 Å². The number of carbonyl (C=O) groups excluding carboxylic acids is 2. The van der Waals surface area contributed by atoms with Crippen LogP contribution in [0.5, 0.6) is 5.75 Å². The number of nitrogens with one attached hydrogen (secondary N) is 1. The van der Waals surface area contributed by atoms with Gasteiger partial charge in [-0.3, -0.25) is 9.59 Å². The lowest BCUT2D eigenvalue weighted by Gasteiger charge is -2.35. The minimum Gasteiger partial charge on any atom is -0.492 e. The third kappa shape index (κ3) is 5.51. The number of ether oxygens (including phenoxy) is 1.